The van der Waals surface area contributed by atoms with E-state index in [4.69, 9.17) is 4.74 Å². The highest BCUT2D eigenvalue weighted by atomic mass is 16.5. The van der Waals surface area contributed by atoms with Crippen molar-refractivity contribution in [3.8, 4) is 5.75 Å². The topological polar surface area (TPSA) is 71.4 Å². The highest BCUT2D eigenvalue weighted by Gasteiger charge is 2.38. The lowest BCUT2D eigenvalue weighted by Gasteiger charge is -2.26. The van der Waals surface area contributed by atoms with Crippen LogP contribution in [-0.2, 0) is 0 Å². The van der Waals surface area contributed by atoms with Crippen molar-refractivity contribution in [1.82, 2.24) is 15.1 Å². The van der Waals surface area contributed by atoms with Gasteiger partial charge in [0, 0.05) is 17.7 Å². The van der Waals surface area contributed by atoms with Crippen molar-refractivity contribution in [3.63, 3.8) is 0 Å². The van der Waals surface area contributed by atoms with Crippen LogP contribution >= 0.6 is 0 Å². The minimum Gasteiger partial charge on any atom is -0.495 e. The van der Waals surface area contributed by atoms with Crippen molar-refractivity contribution < 1.29 is 4.74 Å². The lowest BCUT2D eigenvalue weighted by Crippen LogP contribution is -2.45. The number of H-pyrrole nitrogens is 1. The van der Waals surface area contributed by atoms with Crippen molar-refractivity contribution in [2.45, 2.75) is 25.7 Å². The van der Waals surface area contributed by atoms with Crippen LogP contribution in [0.25, 0.3) is 0 Å². The zero-order valence-corrected chi connectivity index (χ0v) is 15.4. The second-order valence-corrected chi connectivity index (χ2v) is 7.14. The van der Waals surface area contributed by atoms with Gasteiger partial charge >= 0.3 is 0 Å². The average Bonchev–Trinajstić information content (AvgIpc) is 3.23. The van der Waals surface area contributed by atoms with Crippen LogP contribution in [0.15, 0.2) is 53.7 Å². The van der Waals surface area contributed by atoms with Crippen molar-refractivity contribution in [1.29, 1.82) is 0 Å². The summed E-state index contributed by atoms with van der Waals surface area (Å²) in [5.41, 5.74) is 3.41. The number of methoxy groups -OCH3 is 1. The Bertz CT molecular complexity index is 969. The summed E-state index contributed by atoms with van der Waals surface area (Å²) in [6, 6.07) is 8.29. The molecule has 1 aromatic heterocycles. The predicted molar refractivity (Wildman–Crippen MR) is 106 cm³/mol. The van der Waals surface area contributed by atoms with Crippen LogP contribution in [0.5, 0.6) is 5.75 Å². The molecule has 1 radical (unpaired) electrons. The average molecular weight is 362 g/mol. The van der Waals surface area contributed by atoms with Gasteiger partial charge < -0.3 is 9.64 Å². The summed E-state index contributed by atoms with van der Waals surface area (Å²) < 4.78 is 5.58. The smallest absolute Gasteiger partial charge is 0.284 e. The number of benzene rings is 1. The molecule has 0 spiro atoms. The standard InChI is InChI=1S/C20H22N6O/c1-13-3-6-17(27-2)16(9-13)25-11-19-21-7-8-26(19)20(12-25)22-18-10-15(23-24-18)14-4-5-14/h3,6-10,12,14H,4-5,11H2,1-2H3,(H2,22,23,24)/q+1. The Labute approximate surface area is 158 Å². The fraction of sp³-hybridized carbons (Fsp3) is 0.300. The molecule has 0 saturated heterocycles. The molecular formula is C20H22N6O+. The lowest BCUT2D eigenvalue weighted by atomic mass is 10.2. The van der Waals surface area contributed by atoms with Crippen LogP contribution in [-0.4, -0.2) is 29.7 Å². The maximum absolute atomic E-state index is 5.58. The molecule has 7 nitrogen and oxygen atoms in total. The highest BCUT2D eigenvalue weighted by molar-refractivity contribution is 5.96. The molecular weight excluding hydrogens is 340 g/mol. The van der Waals surface area contributed by atoms with Crippen LogP contribution in [0.3, 0.4) is 0 Å². The number of amidine groups is 1. The van der Waals surface area contributed by atoms with Gasteiger partial charge in [-0.1, -0.05) is 6.07 Å². The van der Waals surface area contributed by atoms with E-state index in [1.54, 1.807) is 7.11 Å². The second kappa shape index (κ2) is 6.28. The molecule has 1 saturated carbocycles. The minimum absolute atomic E-state index is 0.644. The number of nitrogens with one attached hydrogen (secondary N) is 2. The Balaban J connectivity index is 1.48. The van der Waals surface area contributed by atoms with Gasteiger partial charge in [0.25, 0.3) is 11.7 Å². The maximum Gasteiger partial charge on any atom is 0.284 e. The van der Waals surface area contributed by atoms with Gasteiger partial charge in [0.05, 0.1) is 25.2 Å². The first-order valence-corrected chi connectivity index (χ1v) is 9.19. The number of hydrogen-bond acceptors (Lipinski definition) is 6. The molecule has 2 aliphatic heterocycles. The van der Waals surface area contributed by atoms with Crippen LogP contribution < -0.4 is 19.9 Å². The number of aryl methyl sites for hydroxylation is 1. The van der Waals surface area contributed by atoms with Crippen molar-refractivity contribution in [2.75, 3.05) is 23.9 Å². The normalized spacial score (nSPS) is 19.0. The summed E-state index contributed by atoms with van der Waals surface area (Å²) in [7, 11) is 1.70. The molecule has 1 aliphatic carbocycles. The van der Waals surface area contributed by atoms with Gasteiger partial charge in [-0.05, 0) is 42.4 Å². The molecule has 3 aliphatic rings. The molecule has 3 heterocycles. The summed E-state index contributed by atoms with van der Waals surface area (Å²) in [5.74, 6) is 4.17. The number of rotatable bonds is 5. The molecule has 0 amide bonds. The van der Waals surface area contributed by atoms with Crippen LogP contribution in [0.4, 0.5) is 11.5 Å². The van der Waals surface area contributed by atoms with E-state index >= 15 is 0 Å². The number of fused-ring (bicyclic) bond motifs is 1. The van der Waals surface area contributed by atoms with E-state index in [9.17, 15) is 0 Å². The van der Waals surface area contributed by atoms with E-state index in [0.717, 1.165) is 28.9 Å². The summed E-state index contributed by atoms with van der Waals surface area (Å²) >= 11 is 0. The largest absolute Gasteiger partial charge is 0.495 e. The first-order valence-electron chi connectivity index (χ1n) is 9.19. The fourth-order valence-electron chi connectivity index (χ4n) is 3.49. The fourth-order valence-corrected chi connectivity index (χ4v) is 3.49. The monoisotopic (exact) mass is 362 g/mol. The Morgan fingerprint density at radius 2 is 2.19 bits per heavy atom. The van der Waals surface area contributed by atoms with Gasteiger partial charge in [-0.2, -0.15) is 10.1 Å². The lowest BCUT2D eigenvalue weighted by molar-refractivity contribution is 0.415. The summed E-state index contributed by atoms with van der Waals surface area (Å²) in [4.78, 5) is 8.73. The molecule has 0 atom stereocenters. The third-order valence-electron chi connectivity index (χ3n) is 5.08. The molecule has 5 rings (SSSR count). The van der Waals surface area contributed by atoms with Gasteiger partial charge in [0.2, 0.25) is 0 Å². The molecule has 7 heteroatoms. The minimum atomic E-state index is 0.644. The zero-order chi connectivity index (χ0) is 18.4. The van der Waals surface area contributed by atoms with Crippen LogP contribution in [0, 0.1) is 6.92 Å². The summed E-state index contributed by atoms with van der Waals surface area (Å²) in [6.45, 7) is 2.76. The number of anilines is 2. The van der Waals surface area contributed by atoms with Gasteiger partial charge in [0.1, 0.15) is 12.3 Å². The molecule has 0 bridgehead atoms. The van der Waals surface area contributed by atoms with Crippen molar-refractivity contribution >= 4 is 17.3 Å². The highest BCUT2D eigenvalue weighted by Crippen LogP contribution is 2.39. The van der Waals surface area contributed by atoms with Crippen LogP contribution in [0.2, 0.25) is 0 Å². The van der Waals surface area contributed by atoms with Gasteiger partial charge in [-0.25, -0.2) is 0 Å². The zero-order valence-electron chi connectivity index (χ0n) is 15.4. The SMILES string of the molecule is COc1ccc(C)cc1N1C=C(Nc2cc(C3CC3)[nH]n2)[N+]2C=CN=C2C1. The van der Waals surface area contributed by atoms with Crippen molar-refractivity contribution in [2.24, 2.45) is 4.99 Å². The maximum atomic E-state index is 5.58. The molecule has 2 N–H and O–H groups in total. The second-order valence-electron chi connectivity index (χ2n) is 7.14. The van der Waals surface area contributed by atoms with Crippen molar-refractivity contribution in [3.05, 3.63) is 59.9 Å². The third kappa shape index (κ3) is 3.00. The first kappa shape index (κ1) is 16.1. The summed E-state index contributed by atoms with van der Waals surface area (Å²) in [5, 5.41) is 11.0. The quantitative estimate of drug-likeness (QED) is 0.800. The third-order valence-corrected chi connectivity index (χ3v) is 5.08. The van der Waals surface area contributed by atoms with E-state index < -0.39 is 0 Å². The molecule has 2 aromatic rings. The Morgan fingerprint density at radius 1 is 1.30 bits per heavy atom. The number of hydrogen-bond donors (Lipinski definition) is 2. The number of aromatic amines is 1. The molecule has 1 fully saturated rings. The first-order chi connectivity index (χ1) is 13.2. The van der Waals surface area contributed by atoms with E-state index in [2.05, 4.69) is 61.6 Å². The summed E-state index contributed by atoms with van der Waals surface area (Å²) in [6.07, 6.45) is 8.36. The number of nitrogens with zero attached hydrogens (tertiary/aromatic N) is 4. The Morgan fingerprint density at radius 3 is 3.00 bits per heavy atom. The van der Waals surface area contributed by atoms with E-state index in [-0.39, 0.29) is 0 Å². The molecule has 27 heavy (non-hydrogen) atoms. The molecule has 137 valence electrons. The molecule has 1 aromatic carbocycles. The van der Waals surface area contributed by atoms with Crippen LogP contribution in [0.1, 0.15) is 30.0 Å². The number of aromatic nitrogens is 2. The van der Waals surface area contributed by atoms with E-state index in [0.29, 0.717) is 12.5 Å². The predicted octanol–water partition coefficient (Wildman–Crippen LogP) is 3.36. The molecule has 0 unspecified atom stereocenters. The van der Waals surface area contributed by atoms with Gasteiger partial charge in [-0.15, -0.1) is 0 Å². The van der Waals surface area contributed by atoms with Gasteiger partial charge in [-0.3, -0.25) is 10.4 Å². The van der Waals surface area contributed by atoms with E-state index in [1.807, 2.05) is 18.5 Å². The Hall–Kier alpha value is -3.06. The van der Waals surface area contributed by atoms with E-state index in [1.165, 1.54) is 24.1 Å². The number of aliphatic imine (C=N–C) groups is 1. The Kier molecular flexibility index (Phi) is 3.75. The van der Waals surface area contributed by atoms with Gasteiger partial charge in [0.15, 0.2) is 12.0 Å². The number of ether oxygens (including phenoxy) is 1.